The van der Waals surface area contributed by atoms with E-state index in [1.165, 1.54) is 7.11 Å². The number of carbonyl (C=O) groups excluding carboxylic acids is 1. The van der Waals surface area contributed by atoms with Crippen molar-refractivity contribution < 1.29 is 14.6 Å². The van der Waals surface area contributed by atoms with Gasteiger partial charge in [-0.1, -0.05) is 0 Å². The van der Waals surface area contributed by atoms with Crippen LogP contribution in [-0.4, -0.2) is 50.5 Å². The molecule has 0 aromatic rings. The van der Waals surface area contributed by atoms with Gasteiger partial charge in [0.1, 0.15) is 0 Å². The van der Waals surface area contributed by atoms with Crippen LogP contribution in [-0.2, 0) is 9.53 Å². The number of aliphatic hydroxyl groups is 1. The molecule has 1 aliphatic carbocycles. The summed E-state index contributed by atoms with van der Waals surface area (Å²) in [4.78, 5) is 11.9. The SMILES string of the molecule is COCC(O)CNC(=O)C1CC12CCNCC2. The largest absolute Gasteiger partial charge is 0.389 e. The van der Waals surface area contributed by atoms with Crippen LogP contribution in [0.4, 0.5) is 0 Å². The van der Waals surface area contributed by atoms with Crippen LogP contribution >= 0.6 is 0 Å². The van der Waals surface area contributed by atoms with Gasteiger partial charge in [-0.25, -0.2) is 0 Å². The van der Waals surface area contributed by atoms with Crippen LogP contribution in [0.3, 0.4) is 0 Å². The Morgan fingerprint density at radius 1 is 1.59 bits per heavy atom. The van der Waals surface area contributed by atoms with Gasteiger partial charge in [-0.3, -0.25) is 4.79 Å². The highest BCUT2D eigenvalue weighted by Gasteiger charge is 2.57. The molecule has 5 nitrogen and oxygen atoms in total. The number of aliphatic hydroxyl groups excluding tert-OH is 1. The highest BCUT2D eigenvalue weighted by molar-refractivity contribution is 5.82. The number of amides is 1. The summed E-state index contributed by atoms with van der Waals surface area (Å²) in [5.41, 5.74) is 0.265. The monoisotopic (exact) mass is 242 g/mol. The van der Waals surface area contributed by atoms with Gasteiger partial charge < -0.3 is 20.5 Å². The topological polar surface area (TPSA) is 70.6 Å². The molecule has 1 saturated heterocycles. The van der Waals surface area contributed by atoms with Gasteiger partial charge in [0.25, 0.3) is 0 Å². The second-order valence-corrected chi connectivity index (χ2v) is 5.22. The van der Waals surface area contributed by atoms with Crippen LogP contribution in [0.25, 0.3) is 0 Å². The number of nitrogens with one attached hydrogen (secondary N) is 2. The van der Waals surface area contributed by atoms with Gasteiger partial charge in [0.15, 0.2) is 0 Å². The Hall–Kier alpha value is -0.650. The van der Waals surface area contributed by atoms with Crippen molar-refractivity contribution in [1.29, 1.82) is 0 Å². The van der Waals surface area contributed by atoms with Crippen molar-refractivity contribution in [3.63, 3.8) is 0 Å². The summed E-state index contributed by atoms with van der Waals surface area (Å²) in [7, 11) is 1.54. The van der Waals surface area contributed by atoms with E-state index in [9.17, 15) is 9.90 Å². The number of hydrogen-bond acceptors (Lipinski definition) is 4. The number of hydrogen-bond donors (Lipinski definition) is 3. The fourth-order valence-corrected chi connectivity index (χ4v) is 2.79. The Kier molecular flexibility index (Phi) is 4.01. The molecule has 0 bridgehead atoms. The number of piperidine rings is 1. The predicted octanol–water partition coefficient (Wildman–Crippen LogP) is -0.500. The van der Waals surface area contributed by atoms with Crippen molar-refractivity contribution in [2.45, 2.75) is 25.4 Å². The molecule has 0 radical (unpaired) electrons. The maximum absolute atomic E-state index is 11.9. The van der Waals surface area contributed by atoms with Crippen LogP contribution in [0.1, 0.15) is 19.3 Å². The van der Waals surface area contributed by atoms with Crippen LogP contribution in [0.2, 0.25) is 0 Å². The zero-order chi connectivity index (χ0) is 12.3. The molecular formula is C12H22N2O3. The molecule has 1 aliphatic heterocycles. The maximum atomic E-state index is 11.9. The van der Waals surface area contributed by atoms with Gasteiger partial charge in [0.2, 0.25) is 5.91 Å². The summed E-state index contributed by atoms with van der Waals surface area (Å²) in [5, 5.41) is 15.6. The number of carbonyl (C=O) groups is 1. The minimum absolute atomic E-state index is 0.0991. The summed E-state index contributed by atoms with van der Waals surface area (Å²) >= 11 is 0. The molecule has 2 aliphatic rings. The lowest BCUT2D eigenvalue weighted by molar-refractivity contribution is -0.123. The third kappa shape index (κ3) is 2.97. The molecule has 1 spiro atoms. The van der Waals surface area contributed by atoms with Crippen molar-refractivity contribution in [3.8, 4) is 0 Å². The maximum Gasteiger partial charge on any atom is 0.223 e. The van der Waals surface area contributed by atoms with Crippen LogP contribution in [0, 0.1) is 11.3 Å². The van der Waals surface area contributed by atoms with Gasteiger partial charge >= 0.3 is 0 Å². The van der Waals surface area contributed by atoms with E-state index in [0.29, 0.717) is 0 Å². The van der Waals surface area contributed by atoms with E-state index in [1.807, 2.05) is 0 Å². The summed E-state index contributed by atoms with van der Waals surface area (Å²) in [6, 6.07) is 0. The van der Waals surface area contributed by atoms with E-state index in [1.54, 1.807) is 0 Å². The van der Waals surface area contributed by atoms with Crippen LogP contribution in [0.5, 0.6) is 0 Å². The molecule has 1 saturated carbocycles. The standard InChI is InChI=1S/C12H22N2O3/c1-17-8-9(15)7-14-11(16)10-6-12(10)2-4-13-5-3-12/h9-10,13,15H,2-8H2,1H3,(H,14,16). The molecule has 17 heavy (non-hydrogen) atoms. The molecule has 1 amide bonds. The van der Waals surface area contributed by atoms with Gasteiger partial charge in [0.05, 0.1) is 12.7 Å². The summed E-state index contributed by atoms with van der Waals surface area (Å²) in [5.74, 6) is 0.265. The van der Waals surface area contributed by atoms with E-state index in [0.717, 1.165) is 32.4 Å². The third-order valence-electron chi connectivity index (χ3n) is 3.98. The van der Waals surface area contributed by atoms with Crippen molar-refractivity contribution >= 4 is 5.91 Å². The zero-order valence-electron chi connectivity index (χ0n) is 10.4. The van der Waals surface area contributed by atoms with Crippen molar-refractivity contribution in [3.05, 3.63) is 0 Å². The summed E-state index contributed by atoms with van der Waals surface area (Å²) in [6.07, 6.45) is 2.62. The van der Waals surface area contributed by atoms with E-state index >= 15 is 0 Å². The number of methoxy groups -OCH3 is 1. The normalized spacial score (nSPS) is 27.8. The molecule has 2 fully saturated rings. The molecule has 5 heteroatoms. The lowest BCUT2D eigenvalue weighted by atomic mass is 9.92. The molecule has 0 aromatic carbocycles. The number of ether oxygens (including phenoxy) is 1. The highest BCUT2D eigenvalue weighted by Crippen LogP contribution is 2.58. The first-order valence-electron chi connectivity index (χ1n) is 6.33. The first-order valence-corrected chi connectivity index (χ1v) is 6.33. The Morgan fingerprint density at radius 2 is 2.29 bits per heavy atom. The average molecular weight is 242 g/mol. The van der Waals surface area contributed by atoms with Crippen LogP contribution < -0.4 is 10.6 Å². The lowest BCUT2D eigenvalue weighted by Crippen LogP contribution is -2.37. The minimum Gasteiger partial charge on any atom is -0.389 e. The van der Waals surface area contributed by atoms with Gasteiger partial charge in [-0.15, -0.1) is 0 Å². The Bertz CT molecular complexity index is 277. The molecule has 1 heterocycles. The van der Waals surface area contributed by atoms with Crippen molar-refractivity contribution in [1.82, 2.24) is 10.6 Å². The van der Waals surface area contributed by atoms with E-state index in [2.05, 4.69) is 10.6 Å². The zero-order valence-corrected chi connectivity index (χ0v) is 10.4. The average Bonchev–Trinajstić information content (AvgIpc) is 3.01. The quantitative estimate of drug-likeness (QED) is 0.608. The molecule has 98 valence electrons. The summed E-state index contributed by atoms with van der Waals surface area (Å²) in [6.45, 7) is 2.60. The molecule has 3 N–H and O–H groups in total. The first-order chi connectivity index (χ1) is 8.18. The Balaban J connectivity index is 1.71. The first kappa shape index (κ1) is 12.8. The second kappa shape index (κ2) is 5.33. The van der Waals surface area contributed by atoms with Crippen molar-refractivity contribution in [2.24, 2.45) is 11.3 Å². The van der Waals surface area contributed by atoms with Crippen LogP contribution in [0.15, 0.2) is 0 Å². The molecule has 2 rings (SSSR count). The third-order valence-corrected chi connectivity index (χ3v) is 3.98. The smallest absolute Gasteiger partial charge is 0.223 e. The fraction of sp³-hybridized carbons (Fsp3) is 0.917. The lowest BCUT2D eigenvalue weighted by Gasteiger charge is -2.23. The molecule has 2 unspecified atom stereocenters. The fourth-order valence-electron chi connectivity index (χ4n) is 2.79. The van der Waals surface area contributed by atoms with Crippen molar-refractivity contribution in [2.75, 3.05) is 33.4 Å². The molecule has 2 atom stereocenters. The highest BCUT2D eigenvalue weighted by atomic mass is 16.5. The van der Waals surface area contributed by atoms with Gasteiger partial charge in [0, 0.05) is 19.6 Å². The number of rotatable bonds is 5. The van der Waals surface area contributed by atoms with Gasteiger partial charge in [-0.05, 0) is 37.8 Å². The molecule has 0 aromatic heterocycles. The summed E-state index contributed by atoms with van der Waals surface area (Å²) < 4.78 is 4.81. The van der Waals surface area contributed by atoms with E-state index in [-0.39, 0.29) is 30.4 Å². The minimum atomic E-state index is -0.605. The molecular weight excluding hydrogens is 220 g/mol. The Morgan fingerprint density at radius 3 is 2.94 bits per heavy atom. The van der Waals surface area contributed by atoms with E-state index < -0.39 is 6.10 Å². The predicted molar refractivity (Wildman–Crippen MR) is 63.5 cm³/mol. The Labute approximate surface area is 102 Å². The van der Waals surface area contributed by atoms with Gasteiger partial charge in [-0.2, -0.15) is 0 Å². The van der Waals surface area contributed by atoms with E-state index in [4.69, 9.17) is 4.74 Å². The second-order valence-electron chi connectivity index (χ2n) is 5.22.